The number of benzene rings is 1. The van der Waals surface area contributed by atoms with Crippen molar-refractivity contribution in [3.63, 3.8) is 0 Å². The number of phenolic OH excluding ortho intramolecular Hbond substituents is 1. The molecule has 2 rings (SSSR count). The van der Waals surface area contributed by atoms with Gasteiger partial charge in [0, 0.05) is 0 Å². The molecule has 0 aromatic heterocycles. The molecule has 64 valence electrons. The Labute approximate surface area is 73.0 Å². The summed E-state index contributed by atoms with van der Waals surface area (Å²) in [6, 6.07) is 7.60. The molecule has 1 aromatic carbocycles. The first-order valence-electron chi connectivity index (χ1n) is 4.56. The molecule has 0 spiro atoms. The second-order valence-corrected chi connectivity index (χ2v) is 3.72. The van der Waals surface area contributed by atoms with E-state index in [1.807, 2.05) is 12.1 Å². The van der Waals surface area contributed by atoms with Crippen molar-refractivity contribution in [3.05, 3.63) is 29.8 Å². The van der Waals surface area contributed by atoms with Crippen LogP contribution in [0, 0.1) is 5.92 Å². The summed E-state index contributed by atoms with van der Waals surface area (Å²) in [5.41, 5.74) is 1.36. The van der Waals surface area contributed by atoms with E-state index >= 15 is 0 Å². The van der Waals surface area contributed by atoms with E-state index in [1.165, 1.54) is 18.4 Å². The minimum absolute atomic E-state index is 0.363. The van der Waals surface area contributed by atoms with Gasteiger partial charge in [-0.05, 0) is 42.4 Å². The van der Waals surface area contributed by atoms with Gasteiger partial charge in [0.05, 0.1) is 0 Å². The molecular formula is C11H14O. The Bertz CT molecular complexity index is 259. The number of aromatic hydroxyl groups is 1. The topological polar surface area (TPSA) is 20.2 Å². The van der Waals surface area contributed by atoms with E-state index in [2.05, 4.69) is 6.92 Å². The lowest BCUT2D eigenvalue weighted by Gasteiger charge is -2.09. The lowest BCUT2D eigenvalue weighted by Crippen LogP contribution is -1.94. The van der Waals surface area contributed by atoms with Crippen LogP contribution in [-0.2, 0) is 0 Å². The third-order valence-corrected chi connectivity index (χ3v) is 2.75. The monoisotopic (exact) mass is 162 g/mol. The summed E-state index contributed by atoms with van der Waals surface area (Å²) in [6.45, 7) is 2.27. The van der Waals surface area contributed by atoms with Crippen molar-refractivity contribution in [2.75, 3.05) is 0 Å². The molecule has 1 aromatic rings. The SMILES string of the molecule is C[C@H](c1ccc(O)cc1)C1CC1. The number of rotatable bonds is 2. The van der Waals surface area contributed by atoms with Crippen molar-refractivity contribution in [3.8, 4) is 5.75 Å². The van der Waals surface area contributed by atoms with E-state index in [1.54, 1.807) is 12.1 Å². The molecule has 1 N–H and O–H groups in total. The molecule has 1 fully saturated rings. The van der Waals surface area contributed by atoms with Crippen LogP contribution in [0.25, 0.3) is 0 Å². The highest BCUT2D eigenvalue weighted by Gasteiger charge is 2.28. The zero-order valence-electron chi connectivity index (χ0n) is 7.33. The number of hydrogen-bond donors (Lipinski definition) is 1. The van der Waals surface area contributed by atoms with Crippen molar-refractivity contribution in [1.29, 1.82) is 0 Å². The van der Waals surface area contributed by atoms with Crippen molar-refractivity contribution in [1.82, 2.24) is 0 Å². The molecule has 1 aliphatic rings. The van der Waals surface area contributed by atoms with Crippen LogP contribution in [0.2, 0.25) is 0 Å². The van der Waals surface area contributed by atoms with Gasteiger partial charge in [0.15, 0.2) is 0 Å². The molecule has 0 unspecified atom stereocenters. The standard InChI is InChI=1S/C11H14O/c1-8(9-2-3-9)10-4-6-11(12)7-5-10/h4-9,12H,2-3H2,1H3/t8-/m0/s1. The van der Waals surface area contributed by atoms with E-state index in [-0.39, 0.29) is 0 Å². The van der Waals surface area contributed by atoms with Crippen LogP contribution < -0.4 is 0 Å². The predicted octanol–water partition coefficient (Wildman–Crippen LogP) is 2.91. The maximum atomic E-state index is 9.09. The summed E-state index contributed by atoms with van der Waals surface area (Å²) in [6.07, 6.45) is 2.75. The minimum Gasteiger partial charge on any atom is -0.508 e. The average molecular weight is 162 g/mol. The maximum Gasteiger partial charge on any atom is 0.115 e. The first-order chi connectivity index (χ1) is 5.77. The Morgan fingerprint density at radius 1 is 1.25 bits per heavy atom. The van der Waals surface area contributed by atoms with E-state index in [0.29, 0.717) is 11.7 Å². The molecule has 0 aliphatic heterocycles. The molecule has 0 amide bonds. The fraction of sp³-hybridized carbons (Fsp3) is 0.455. The zero-order valence-corrected chi connectivity index (χ0v) is 7.33. The molecular weight excluding hydrogens is 148 g/mol. The fourth-order valence-electron chi connectivity index (χ4n) is 1.65. The van der Waals surface area contributed by atoms with Crippen LogP contribution >= 0.6 is 0 Å². The van der Waals surface area contributed by atoms with Crippen molar-refractivity contribution in [2.24, 2.45) is 5.92 Å². The van der Waals surface area contributed by atoms with Gasteiger partial charge in [-0.2, -0.15) is 0 Å². The van der Waals surface area contributed by atoms with E-state index in [9.17, 15) is 0 Å². The van der Waals surface area contributed by atoms with Crippen LogP contribution in [-0.4, -0.2) is 5.11 Å². The van der Waals surface area contributed by atoms with Gasteiger partial charge in [0.2, 0.25) is 0 Å². The quantitative estimate of drug-likeness (QED) is 0.709. The number of hydrogen-bond acceptors (Lipinski definition) is 1. The smallest absolute Gasteiger partial charge is 0.115 e. The minimum atomic E-state index is 0.363. The fourth-order valence-corrected chi connectivity index (χ4v) is 1.65. The molecule has 12 heavy (non-hydrogen) atoms. The summed E-state index contributed by atoms with van der Waals surface area (Å²) < 4.78 is 0. The largest absolute Gasteiger partial charge is 0.508 e. The summed E-state index contributed by atoms with van der Waals surface area (Å²) in [5, 5.41) is 9.09. The van der Waals surface area contributed by atoms with Crippen LogP contribution in [0.3, 0.4) is 0 Å². The second kappa shape index (κ2) is 2.81. The van der Waals surface area contributed by atoms with Gasteiger partial charge in [0.25, 0.3) is 0 Å². The van der Waals surface area contributed by atoms with E-state index in [0.717, 1.165) is 5.92 Å². The lowest BCUT2D eigenvalue weighted by atomic mass is 9.96. The van der Waals surface area contributed by atoms with Crippen molar-refractivity contribution in [2.45, 2.75) is 25.7 Å². The van der Waals surface area contributed by atoms with Crippen LogP contribution in [0.4, 0.5) is 0 Å². The van der Waals surface area contributed by atoms with E-state index in [4.69, 9.17) is 5.11 Å². The Morgan fingerprint density at radius 3 is 2.33 bits per heavy atom. The molecule has 1 nitrogen and oxygen atoms in total. The molecule has 1 saturated carbocycles. The highest BCUT2D eigenvalue weighted by atomic mass is 16.3. The summed E-state index contributed by atoms with van der Waals surface area (Å²) in [4.78, 5) is 0. The molecule has 1 aliphatic carbocycles. The molecule has 1 atom stereocenters. The van der Waals surface area contributed by atoms with Crippen molar-refractivity contribution >= 4 is 0 Å². The predicted molar refractivity (Wildman–Crippen MR) is 49.2 cm³/mol. The van der Waals surface area contributed by atoms with Gasteiger partial charge in [-0.15, -0.1) is 0 Å². The third-order valence-electron chi connectivity index (χ3n) is 2.75. The summed E-state index contributed by atoms with van der Waals surface area (Å²) in [7, 11) is 0. The van der Waals surface area contributed by atoms with Gasteiger partial charge in [-0.25, -0.2) is 0 Å². The first-order valence-corrected chi connectivity index (χ1v) is 4.56. The molecule has 0 bridgehead atoms. The Morgan fingerprint density at radius 2 is 1.83 bits per heavy atom. The van der Waals surface area contributed by atoms with Crippen LogP contribution in [0.1, 0.15) is 31.2 Å². The maximum absolute atomic E-state index is 9.09. The lowest BCUT2D eigenvalue weighted by molar-refractivity contribution is 0.474. The average Bonchev–Trinajstić information content (AvgIpc) is 2.87. The Balaban J connectivity index is 2.16. The van der Waals surface area contributed by atoms with Gasteiger partial charge in [0.1, 0.15) is 5.75 Å². The highest BCUT2D eigenvalue weighted by molar-refractivity contribution is 5.28. The molecule has 1 heteroatoms. The number of phenols is 1. The first kappa shape index (κ1) is 7.66. The van der Waals surface area contributed by atoms with Crippen LogP contribution in [0.5, 0.6) is 5.75 Å². The van der Waals surface area contributed by atoms with Gasteiger partial charge in [-0.1, -0.05) is 19.1 Å². The Kier molecular flexibility index (Phi) is 1.80. The van der Waals surface area contributed by atoms with Gasteiger partial charge >= 0.3 is 0 Å². The summed E-state index contributed by atoms with van der Waals surface area (Å²) in [5.74, 6) is 1.93. The molecule has 0 radical (unpaired) electrons. The van der Waals surface area contributed by atoms with Crippen molar-refractivity contribution < 1.29 is 5.11 Å². The molecule has 0 saturated heterocycles. The van der Waals surface area contributed by atoms with Gasteiger partial charge in [-0.3, -0.25) is 0 Å². The molecule has 0 heterocycles. The van der Waals surface area contributed by atoms with E-state index < -0.39 is 0 Å². The van der Waals surface area contributed by atoms with Crippen LogP contribution in [0.15, 0.2) is 24.3 Å². The normalized spacial score (nSPS) is 19.1. The highest BCUT2D eigenvalue weighted by Crippen LogP contribution is 2.42. The summed E-state index contributed by atoms with van der Waals surface area (Å²) >= 11 is 0. The van der Waals surface area contributed by atoms with Gasteiger partial charge < -0.3 is 5.11 Å². The second-order valence-electron chi connectivity index (χ2n) is 3.72. The zero-order chi connectivity index (χ0) is 8.55. The Hall–Kier alpha value is -0.980. The third kappa shape index (κ3) is 1.45.